The van der Waals surface area contributed by atoms with Crippen LogP contribution in [0, 0.1) is 0 Å². The molecule has 0 atom stereocenters. The van der Waals surface area contributed by atoms with Crippen molar-refractivity contribution in [3.63, 3.8) is 0 Å². The molecule has 1 fully saturated rings. The standard InChI is InChI=1S/C10H16N2O/c1-4-9-8-11(3)6-7-12(9)10(13)5-2/h4-5H,2,6-8H2,1,3H3/b9-4-. The zero-order valence-electron chi connectivity index (χ0n) is 8.29. The number of likely N-dealkylation sites (N-methyl/N-ethyl adjacent to an activating group) is 1. The molecule has 0 aliphatic carbocycles. The molecule has 3 nitrogen and oxygen atoms in total. The second kappa shape index (κ2) is 4.23. The van der Waals surface area contributed by atoms with Crippen molar-refractivity contribution in [2.45, 2.75) is 6.92 Å². The molecule has 13 heavy (non-hydrogen) atoms. The molecule has 3 heteroatoms. The minimum atomic E-state index is 0.00111. The number of carbonyl (C=O) groups is 1. The van der Waals surface area contributed by atoms with E-state index < -0.39 is 0 Å². The Morgan fingerprint density at radius 3 is 2.77 bits per heavy atom. The maximum absolute atomic E-state index is 11.4. The van der Waals surface area contributed by atoms with Crippen LogP contribution in [0.2, 0.25) is 0 Å². The van der Waals surface area contributed by atoms with Crippen LogP contribution in [0.1, 0.15) is 6.92 Å². The molecule has 1 aliphatic heterocycles. The average Bonchev–Trinajstić information content (AvgIpc) is 2.16. The van der Waals surface area contributed by atoms with E-state index in [-0.39, 0.29) is 5.91 Å². The van der Waals surface area contributed by atoms with Gasteiger partial charge in [0.05, 0.1) is 0 Å². The van der Waals surface area contributed by atoms with Gasteiger partial charge in [-0.3, -0.25) is 9.69 Å². The average molecular weight is 180 g/mol. The molecule has 0 unspecified atom stereocenters. The maximum atomic E-state index is 11.4. The third kappa shape index (κ3) is 2.18. The lowest BCUT2D eigenvalue weighted by Gasteiger charge is -2.34. The molecule has 0 saturated carbocycles. The number of carbonyl (C=O) groups excluding carboxylic acids is 1. The van der Waals surface area contributed by atoms with Gasteiger partial charge in [-0.25, -0.2) is 0 Å². The Bertz CT molecular complexity index is 245. The van der Waals surface area contributed by atoms with Crippen LogP contribution in [-0.4, -0.2) is 42.4 Å². The smallest absolute Gasteiger partial charge is 0.250 e. The second-order valence-electron chi connectivity index (χ2n) is 3.21. The van der Waals surface area contributed by atoms with Crippen molar-refractivity contribution >= 4 is 5.91 Å². The van der Waals surface area contributed by atoms with Gasteiger partial charge in [-0.1, -0.05) is 12.7 Å². The molecule has 1 amide bonds. The summed E-state index contributed by atoms with van der Waals surface area (Å²) in [5.41, 5.74) is 1.07. The van der Waals surface area contributed by atoms with Gasteiger partial charge in [-0.2, -0.15) is 0 Å². The normalized spacial score (nSPS) is 22.0. The van der Waals surface area contributed by atoms with Gasteiger partial charge >= 0.3 is 0 Å². The zero-order chi connectivity index (χ0) is 9.84. The zero-order valence-corrected chi connectivity index (χ0v) is 8.29. The topological polar surface area (TPSA) is 23.6 Å². The van der Waals surface area contributed by atoms with E-state index in [9.17, 15) is 4.79 Å². The fourth-order valence-corrected chi connectivity index (χ4v) is 1.46. The van der Waals surface area contributed by atoms with Crippen LogP contribution in [0.15, 0.2) is 24.4 Å². The van der Waals surface area contributed by atoms with Gasteiger partial charge in [-0.05, 0) is 20.0 Å². The molecule has 1 heterocycles. The summed E-state index contributed by atoms with van der Waals surface area (Å²) >= 11 is 0. The summed E-state index contributed by atoms with van der Waals surface area (Å²) in [6.45, 7) is 7.98. The second-order valence-corrected chi connectivity index (χ2v) is 3.21. The summed E-state index contributed by atoms with van der Waals surface area (Å²) in [6, 6.07) is 0. The van der Waals surface area contributed by atoms with Crippen LogP contribution >= 0.6 is 0 Å². The molecule has 0 bridgehead atoms. The first-order valence-corrected chi connectivity index (χ1v) is 4.46. The van der Waals surface area contributed by atoms with Gasteiger partial charge in [0.15, 0.2) is 0 Å². The molecule has 1 saturated heterocycles. The van der Waals surface area contributed by atoms with Gasteiger partial charge in [0.2, 0.25) is 5.91 Å². The number of rotatable bonds is 1. The molecule has 0 radical (unpaired) electrons. The molecule has 0 spiro atoms. The molecule has 0 aromatic carbocycles. The minimum absolute atomic E-state index is 0.00111. The Balaban J connectivity index is 2.74. The van der Waals surface area contributed by atoms with Crippen molar-refractivity contribution in [2.24, 2.45) is 0 Å². The first-order valence-electron chi connectivity index (χ1n) is 4.46. The lowest BCUT2D eigenvalue weighted by Crippen LogP contribution is -2.44. The molecular formula is C10H16N2O. The Morgan fingerprint density at radius 1 is 1.54 bits per heavy atom. The Hall–Kier alpha value is -1.09. The van der Waals surface area contributed by atoms with Crippen LogP contribution in [-0.2, 0) is 4.79 Å². The molecule has 1 rings (SSSR count). The van der Waals surface area contributed by atoms with Crippen molar-refractivity contribution < 1.29 is 4.79 Å². The summed E-state index contributed by atoms with van der Waals surface area (Å²) < 4.78 is 0. The van der Waals surface area contributed by atoms with E-state index in [1.165, 1.54) is 6.08 Å². The number of hydrogen-bond acceptors (Lipinski definition) is 2. The summed E-state index contributed by atoms with van der Waals surface area (Å²) in [4.78, 5) is 15.4. The van der Waals surface area contributed by atoms with E-state index in [1.54, 1.807) is 4.90 Å². The predicted octanol–water partition coefficient (Wildman–Crippen LogP) is 0.850. The molecule has 1 aliphatic rings. The number of amides is 1. The summed E-state index contributed by atoms with van der Waals surface area (Å²) in [7, 11) is 2.05. The van der Waals surface area contributed by atoms with E-state index in [4.69, 9.17) is 0 Å². The van der Waals surface area contributed by atoms with Crippen LogP contribution < -0.4 is 0 Å². The Morgan fingerprint density at radius 2 is 2.23 bits per heavy atom. The highest BCUT2D eigenvalue weighted by Crippen LogP contribution is 2.12. The third-order valence-electron chi connectivity index (χ3n) is 2.26. The van der Waals surface area contributed by atoms with E-state index in [0.717, 1.165) is 25.3 Å². The van der Waals surface area contributed by atoms with Crippen molar-refractivity contribution in [1.29, 1.82) is 0 Å². The quantitative estimate of drug-likeness (QED) is 0.558. The van der Waals surface area contributed by atoms with Gasteiger partial charge in [0.1, 0.15) is 0 Å². The largest absolute Gasteiger partial charge is 0.310 e. The van der Waals surface area contributed by atoms with Gasteiger partial charge in [-0.15, -0.1) is 0 Å². The highest BCUT2D eigenvalue weighted by molar-refractivity contribution is 5.88. The SMILES string of the molecule is C=CC(=O)N1CCN(C)C/C1=C/C. The molecule has 0 aromatic heterocycles. The van der Waals surface area contributed by atoms with E-state index in [0.29, 0.717) is 0 Å². The highest BCUT2D eigenvalue weighted by atomic mass is 16.2. The molecule has 0 aromatic rings. The van der Waals surface area contributed by atoms with E-state index in [1.807, 2.05) is 13.0 Å². The van der Waals surface area contributed by atoms with Crippen LogP contribution in [0.5, 0.6) is 0 Å². The first kappa shape index (κ1) is 9.99. The predicted molar refractivity (Wildman–Crippen MR) is 53.2 cm³/mol. The van der Waals surface area contributed by atoms with Crippen LogP contribution in [0.25, 0.3) is 0 Å². The number of allylic oxidation sites excluding steroid dienone is 1. The minimum Gasteiger partial charge on any atom is -0.310 e. The molecule has 72 valence electrons. The van der Waals surface area contributed by atoms with Crippen molar-refractivity contribution in [1.82, 2.24) is 9.80 Å². The monoisotopic (exact) mass is 180 g/mol. The molecule has 0 N–H and O–H groups in total. The van der Waals surface area contributed by atoms with Crippen molar-refractivity contribution in [3.05, 3.63) is 24.4 Å². The van der Waals surface area contributed by atoms with Crippen molar-refractivity contribution in [3.8, 4) is 0 Å². The Labute approximate surface area is 79.3 Å². The fourth-order valence-electron chi connectivity index (χ4n) is 1.46. The Kier molecular flexibility index (Phi) is 3.25. The summed E-state index contributed by atoms with van der Waals surface area (Å²) in [5, 5.41) is 0. The number of nitrogens with zero attached hydrogens (tertiary/aromatic N) is 2. The highest BCUT2D eigenvalue weighted by Gasteiger charge is 2.20. The summed E-state index contributed by atoms with van der Waals surface area (Å²) in [6.07, 6.45) is 3.35. The van der Waals surface area contributed by atoms with Crippen LogP contribution in [0.3, 0.4) is 0 Å². The van der Waals surface area contributed by atoms with Crippen LogP contribution in [0.4, 0.5) is 0 Å². The number of hydrogen-bond donors (Lipinski definition) is 0. The lowest BCUT2D eigenvalue weighted by molar-refractivity contribution is -0.125. The summed E-state index contributed by atoms with van der Waals surface area (Å²) in [5.74, 6) is 0.00111. The number of piperazine rings is 1. The van der Waals surface area contributed by atoms with Gasteiger partial charge in [0.25, 0.3) is 0 Å². The molecular weight excluding hydrogens is 164 g/mol. The van der Waals surface area contributed by atoms with Gasteiger partial charge in [0, 0.05) is 25.3 Å². The van der Waals surface area contributed by atoms with Gasteiger partial charge < -0.3 is 4.90 Å². The van der Waals surface area contributed by atoms with E-state index in [2.05, 4.69) is 18.5 Å². The first-order chi connectivity index (χ1) is 6.19. The maximum Gasteiger partial charge on any atom is 0.250 e. The third-order valence-corrected chi connectivity index (χ3v) is 2.26. The lowest BCUT2D eigenvalue weighted by atomic mass is 10.2. The van der Waals surface area contributed by atoms with Crippen molar-refractivity contribution in [2.75, 3.05) is 26.7 Å². The van der Waals surface area contributed by atoms with E-state index >= 15 is 0 Å². The fraction of sp³-hybridized carbons (Fsp3) is 0.500.